The van der Waals surface area contributed by atoms with Gasteiger partial charge in [0.25, 0.3) is 5.56 Å². The molecule has 17 heteroatoms. The number of hydroxylamine groups is 1. The number of hydrogen-bond acceptors (Lipinski definition) is 7. The summed E-state index contributed by atoms with van der Waals surface area (Å²) < 4.78 is 60.2. The van der Waals surface area contributed by atoms with Crippen molar-refractivity contribution in [2.45, 2.75) is 31.3 Å². The molecule has 1 aromatic carbocycles. The summed E-state index contributed by atoms with van der Waals surface area (Å²) in [7, 11) is -2.40. The van der Waals surface area contributed by atoms with E-state index in [1.807, 2.05) is 0 Å². The van der Waals surface area contributed by atoms with Gasteiger partial charge in [0.15, 0.2) is 0 Å². The minimum atomic E-state index is -5.08. The van der Waals surface area contributed by atoms with Crippen molar-refractivity contribution in [1.29, 1.82) is 0 Å². The summed E-state index contributed by atoms with van der Waals surface area (Å²) in [5, 5.41) is 7.12. The molecule has 1 heterocycles. The van der Waals surface area contributed by atoms with E-state index in [-0.39, 0.29) is 30.4 Å². The van der Waals surface area contributed by atoms with Crippen molar-refractivity contribution >= 4 is 33.5 Å². The molecule has 0 saturated carbocycles. The van der Waals surface area contributed by atoms with Crippen LogP contribution in [0.1, 0.15) is 23.7 Å². The summed E-state index contributed by atoms with van der Waals surface area (Å²) >= 11 is 0. The Labute approximate surface area is 215 Å². The van der Waals surface area contributed by atoms with Gasteiger partial charge in [0.1, 0.15) is 11.7 Å². The average Bonchev–Trinajstić information content (AvgIpc) is 2.82. The van der Waals surface area contributed by atoms with Crippen LogP contribution in [0.3, 0.4) is 0 Å². The lowest BCUT2D eigenvalue weighted by Crippen LogP contribution is -2.38. The normalized spacial score (nSPS) is 12.6. The molecular formula is C21H27F3N6O7S. The van der Waals surface area contributed by atoms with E-state index in [1.54, 1.807) is 37.3 Å². The Bertz CT molecular complexity index is 1300. The Hall–Kier alpha value is -4.12. The zero-order chi connectivity index (χ0) is 29.1. The lowest BCUT2D eigenvalue weighted by atomic mass is 10.1. The molecule has 2 aromatic rings. The van der Waals surface area contributed by atoms with Gasteiger partial charge in [-0.25, -0.2) is 18.7 Å². The molecule has 38 heavy (non-hydrogen) atoms. The van der Waals surface area contributed by atoms with E-state index in [0.29, 0.717) is 11.3 Å². The molecule has 0 fully saturated rings. The number of alkyl halides is 3. The minimum absolute atomic E-state index is 0.0142. The molecule has 1 amide bonds. The fraction of sp³-hybridized carbons (Fsp3) is 0.333. The van der Waals surface area contributed by atoms with Crippen LogP contribution < -0.4 is 27.2 Å². The Morgan fingerprint density at radius 1 is 1.16 bits per heavy atom. The largest absolute Gasteiger partial charge is 0.490 e. The minimum Gasteiger partial charge on any atom is -0.475 e. The van der Waals surface area contributed by atoms with E-state index in [2.05, 4.69) is 15.2 Å². The second-order valence-electron chi connectivity index (χ2n) is 7.48. The number of aromatic nitrogens is 1. The lowest BCUT2D eigenvalue weighted by Gasteiger charge is -2.20. The lowest BCUT2D eigenvalue weighted by molar-refractivity contribution is -0.192. The third-order valence-corrected chi connectivity index (χ3v) is 5.82. The Morgan fingerprint density at radius 2 is 1.74 bits per heavy atom. The number of halogens is 3. The number of benzene rings is 1. The second kappa shape index (κ2) is 14.0. The van der Waals surface area contributed by atoms with Gasteiger partial charge in [-0.1, -0.05) is 30.3 Å². The number of nitrogens with zero attached hydrogens (tertiary/aromatic N) is 2. The molecular weight excluding hydrogens is 537 g/mol. The van der Waals surface area contributed by atoms with Crippen LogP contribution in [-0.4, -0.2) is 55.8 Å². The van der Waals surface area contributed by atoms with Gasteiger partial charge in [0.05, 0.1) is 12.4 Å². The first-order valence-electron chi connectivity index (χ1n) is 10.5. The first-order chi connectivity index (χ1) is 17.6. The number of nitrogens with one attached hydrogen (secondary N) is 2. The number of carbonyl (C=O) groups excluding carboxylic acids is 1. The topological polar surface area (TPSA) is 208 Å². The molecule has 0 aliphatic carbocycles. The summed E-state index contributed by atoms with van der Waals surface area (Å²) in [6.07, 6.45) is -5.04. The zero-order valence-electron chi connectivity index (χ0n) is 20.2. The molecule has 1 unspecified atom stereocenters. The molecule has 210 valence electrons. The predicted octanol–water partition coefficient (Wildman–Crippen LogP) is 0.614. The highest BCUT2D eigenvalue weighted by Crippen LogP contribution is 2.16. The third kappa shape index (κ3) is 10.5. The first-order valence-corrected chi connectivity index (χ1v) is 12.2. The van der Waals surface area contributed by atoms with Gasteiger partial charge in [-0.3, -0.25) is 28.7 Å². The summed E-state index contributed by atoms with van der Waals surface area (Å²) in [5.74, 6) is -3.79. The monoisotopic (exact) mass is 564 g/mol. The van der Waals surface area contributed by atoms with Gasteiger partial charge in [-0.2, -0.15) is 13.2 Å². The van der Waals surface area contributed by atoms with Crippen LogP contribution in [0, 0.1) is 6.92 Å². The van der Waals surface area contributed by atoms with Crippen molar-refractivity contribution < 1.29 is 41.1 Å². The summed E-state index contributed by atoms with van der Waals surface area (Å²) in [5.41, 5.74) is 13.4. The quantitative estimate of drug-likeness (QED) is 0.118. The number of aryl methyl sites for hydroxylation is 1. The number of aliphatic imine (C=N–C) groups is 1. The average molecular weight is 565 g/mol. The number of hydrogen-bond donors (Lipinski definition) is 5. The van der Waals surface area contributed by atoms with Crippen LogP contribution in [0.5, 0.6) is 0 Å². The molecule has 2 rings (SSSR count). The van der Waals surface area contributed by atoms with Crippen LogP contribution in [0.15, 0.2) is 52.3 Å². The highest BCUT2D eigenvalue weighted by atomic mass is 32.2. The van der Waals surface area contributed by atoms with E-state index < -0.39 is 39.7 Å². The number of nitrogens with two attached hydrogens (primary N) is 2. The number of rotatable bonds is 10. The fourth-order valence-corrected chi connectivity index (χ4v) is 4.04. The smallest absolute Gasteiger partial charge is 0.475 e. The number of anilines is 1. The molecule has 1 aromatic heterocycles. The highest BCUT2D eigenvalue weighted by molar-refractivity contribution is 7.91. The van der Waals surface area contributed by atoms with E-state index in [1.165, 1.54) is 19.2 Å². The van der Waals surface area contributed by atoms with Crippen LogP contribution in [0.4, 0.5) is 18.9 Å². The number of primary amides is 1. The van der Waals surface area contributed by atoms with Crippen LogP contribution in [-0.2, 0) is 30.2 Å². The summed E-state index contributed by atoms with van der Waals surface area (Å²) in [4.78, 5) is 42.7. The van der Waals surface area contributed by atoms with Gasteiger partial charge < -0.3 is 16.6 Å². The SMILES string of the molecule is CN=C(N)NOCCC(C(N)=O)n1c(C)ccc(NS(=O)(=O)Cc2ccccc2)c1=O.O=C(O)C(F)(F)F. The Balaban J connectivity index is 0.000000905. The number of sulfonamides is 1. The first kappa shape index (κ1) is 31.9. The van der Waals surface area contributed by atoms with E-state index in [0.717, 1.165) is 4.57 Å². The molecule has 0 spiro atoms. The van der Waals surface area contributed by atoms with Crippen molar-refractivity contribution in [3.63, 3.8) is 0 Å². The van der Waals surface area contributed by atoms with Gasteiger partial charge in [-0.05, 0) is 24.6 Å². The van der Waals surface area contributed by atoms with Gasteiger partial charge in [0.2, 0.25) is 21.9 Å². The maximum Gasteiger partial charge on any atom is 0.490 e. The molecule has 13 nitrogen and oxygen atoms in total. The maximum absolute atomic E-state index is 13.0. The van der Waals surface area contributed by atoms with E-state index in [4.69, 9.17) is 26.2 Å². The molecule has 0 saturated heterocycles. The molecule has 0 radical (unpaired) electrons. The molecule has 1 atom stereocenters. The number of aliphatic carboxylic acids is 1. The van der Waals surface area contributed by atoms with Crippen molar-refractivity contribution in [1.82, 2.24) is 10.0 Å². The van der Waals surface area contributed by atoms with Gasteiger partial charge in [-0.15, -0.1) is 0 Å². The van der Waals surface area contributed by atoms with Crippen LogP contribution in [0.2, 0.25) is 0 Å². The van der Waals surface area contributed by atoms with Crippen molar-refractivity contribution in [3.05, 3.63) is 64.1 Å². The Morgan fingerprint density at radius 3 is 2.24 bits per heavy atom. The molecule has 0 aliphatic heterocycles. The van der Waals surface area contributed by atoms with Crippen molar-refractivity contribution in [2.24, 2.45) is 16.5 Å². The number of carboxylic acids is 1. The number of amides is 1. The number of pyridine rings is 1. The van der Waals surface area contributed by atoms with E-state index >= 15 is 0 Å². The number of guanidine groups is 1. The zero-order valence-corrected chi connectivity index (χ0v) is 21.0. The van der Waals surface area contributed by atoms with Crippen molar-refractivity contribution in [3.8, 4) is 0 Å². The van der Waals surface area contributed by atoms with E-state index in [9.17, 15) is 31.2 Å². The van der Waals surface area contributed by atoms with Gasteiger partial charge in [0, 0.05) is 19.2 Å². The van der Waals surface area contributed by atoms with Crippen LogP contribution in [0.25, 0.3) is 0 Å². The number of carboxylic acid groups (broad SMARTS) is 1. The Kier molecular flexibility index (Phi) is 11.7. The summed E-state index contributed by atoms with van der Waals surface area (Å²) in [6.45, 7) is 1.60. The van der Waals surface area contributed by atoms with Crippen molar-refractivity contribution in [2.75, 3.05) is 18.4 Å². The molecule has 0 aliphatic rings. The molecule has 7 N–H and O–H groups in total. The fourth-order valence-electron chi connectivity index (χ4n) is 2.85. The molecule has 0 bridgehead atoms. The summed E-state index contributed by atoms with van der Waals surface area (Å²) in [6, 6.07) is 10.4. The maximum atomic E-state index is 13.0. The van der Waals surface area contributed by atoms with Crippen LogP contribution >= 0.6 is 0 Å². The second-order valence-corrected chi connectivity index (χ2v) is 9.20. The van der Waals surface area contributed by atoms with Gasteiger partial charge >= 0.3 is 12.1 Å². The number of carbonyl (C=O) groups is 2. The standard InChI is InChI=1S/C19H26N6O5S.C2HF3O2/c1-13-8-9-15(24-31(28,29)12-14-6-4-3-5-7-14)18(27)25(13)16(17(20)26)10-11-30-23-19(21)22-2;3-2(4,5)1(6)7/h3-9,16,24H,10-12H2,1-2H3,(H2,20,26)(H3,21,22,23);(H,6,7). The predicted molar refractivity (Wildman–Crippen MR) is 131 cm³/mol. The third-order valence-electron chi connectivity index (χ3n) is 4.58. The highest BCUT2D eigenvalue weighted by Gasteiger charge is 2.38.